The summed E-state index contributed by atoms with van der Waals surface area (Å²) in [5.74, 6) is 0.397. The minimum atomic E-state index is -3.65. The Bertz CT molecular complexity index is 1240. The van der Waals surface area contributed by atoms with Crippen LogP contribution in [0.2, 0.25) is 10.0 Å². The lowest BCUT2D eigenvalue weighted by atomic mass is 10.1. The summed E-state index contributed by atoms with van der Waals surface area (Å²) in [5, 5.41) is 3.59. The molecule has 12 heteroatoms. The van der Waals surface area contributed by atoms with Crippen LogP contribution in [0.3, 0.4) is 0 Å². The Kier molecular flexibility index (Phi) is 10.5. The molecule has 2 aromatic rings. The fourth-order valence-corrected chi connectivity index (χ4v) is 5.50. The van der Waals surface area contributed by atoms with E-state index >= 15 is 0 Å². The lowest BCUT2D eigenvalue weighted by molar-refractivity contribution is -0.140. The molecule has 0 fully saturated rings. The number of nitrogens with zero attached hydrogens (tertiary/aromatic N) is 2. The second-order valence-corrected chi connectivity index (χ2v) is 11.7. The van der Waals surface area contributed by atoms with Gasteiger partial charge in [0.1, 0.15) is 19.3 Å². The van der Waals surface area contributed by atoms with E-state index in [-0.39, 0.29) is 37.7 Å². The van der Waals surface area contributed by atoms with Gasteiger partial charge in [0, 0.05) is 47.7 Å². The van der Waals surface area contributed by atoms with Gasteiger partial charge in [0.05, 0.1) is 11.9 Å². The summed E-state index contributed by atoms with van der Waals surface area (Å²) in [6.07, 6.45) is 2.09. The Hall–Kier alpha value is -2.69. The first-order valence-electron chi connectivity index (χ1n) is 12.4. The lowest BCUT2D eigenvalue weighted by Crippen LogP contribution is -2.48. The van der Waals surface area contributed by atoms with E-state index in [1.54, 1.807) is 43.3 Å². The van der Waals surface area contributed by atoms with E-state index in [2.05, 4.69) is 5.32 Å². The highest BCUT2D eigenvalue weighted by Crippen LogP contribution is 2.35. The van der Waals surface area contributed by atoms with Crippen molar-refractivity contribution in [1.82, 2.24) is 10.2 Å². The molecule has 1 aliphatic heterocycles. The van der Waals surface area contributed by atoms with Gasteiger partial charge in [-0.2, -0.15) is 0 Å². The molecule has 0 aromatic heterocycles. The van der Waals surface area contributed by atoms with Gasteiger partial charge < -0.3 is 19.7 Å². The SMILES string of the molecule is CCCNC(=O)[C@H](C)N(Cc1c(Cl)cccc1Cl)C(=O)CCCN(c1ccc2c(c1)OCCO2)S(C)(=O)=O. The fraction of sp³-hybridized carbons (Fsp3) is 0.462. The third-order valence-electron chi connectivity index (χ3n) is 6.07. The van der Waals surface area contributed by atoms with E-state index in [9.17, 15) is 18.0 Å². The summed E-state index contributed by atoms with van der Waals surface area (Å²) in [6.45, 7) is 4.96. The van der Waals surface area contributed by atoms with E-state index in [1.807, 2.05) is 6.92 Å². The fourth-order valence-electron chi connectivity index (χ4n) is 4.02. The molecule has 1 N–H and O–H groups in total. The highest BCUT2D eigenvalue weighted by molar-refractivity contribution is 7.92. The molecule has 0 spiro atoms. The van der Waals surface area contributed by atoms with Crippen LogP contribution in [-0.4, -0.2) is 63.7 Å². The monoisotopic (exact) mass is 585 g/mol. The highest BCUT2D eigenvalue weighted by Gasteiger charge is 2.28. The van der Waals surface area contributed by atoms with Crippen molar-refractivity contribution in [3.63, 3.8) is 0 Å². The number of benzene rings is 2. The number of hydrogen-bond donors (Lipinski definition) is 1. The number of sulfonamides is 1. The number of nitrogens with one attached hydrogen (secondary N) is 1. The summed E-state index contributed by atoms with van der Waals surface area (Å²) in [5.41, 5.74) is 0.949. The predicted octanol–water partition coefficient (Wildman–Crippen LogP) is 4.25. The molecule has 2 aromatic carbocycles. The van der Waals surface area contributed by atoms with E-state index in [1.165, 1.54) is 9.21 Å². The van der Waals surface area contributed by atoms with Crippen molar-refractivity contribution in [3.05, 3.63) is 52.0 Å². The zero-order valence-electron chi connectivity index (χ0n) is 21.7. The van der Waals surface area contributed by atoms with Crippen LogP contribution in [0.5, 0.6) is 11.5 Å². The van der Waals surface area contributed by atoms with Crippen molar-refractivity contribution in [2.75, 3.05) is 36.9 Å². The van der Waals surface area contributed by atoms with Crippen LogP contribution in [0, 0.1) is 0 Å². The summed E-state index contributed by atoms with van der Waals surface area (Å²) in [6, 6.07) is 9.18. The maximum atomic E-state index is 13.4. The zero-order chi connectivity index (χ0) is 27.9. The molecule has 1 aliphatic rings. The molecule has 1 heterocycles. The van der Waals surface area contributed by atoms with Crippen LogP contribution in [-0.2, 0) is 26.2 Å². The first-order valence-corrected chi connectivity index (χ1v) is 15.0. The molecule has 0 saturated carbocycles. The molecule has 208 valence electrons. The molecule has 2 amide bonds. The minimum Gasteiger partial charge on any atom is -0.486 e. The van der Waals surface area contributed by atoms with Gasteiger partial charge >= 0.3 is 0 Å². The van der Waals surface area contributed by atoms with Gasteiger partial charge in [-0.15, -0.1) is 0 Å². The van der Waals surface area contributed by atoms with Crippen molar-refractivity contribution in [3.8, 4) is 11.5 Å². The highest BCUT2D eigenvalue weighted by atomic mass is 35.5. The normalized spacial score (nSPS) is 13.5. The quantitative estimate of drug-likeness (QED) is 0.399. The van der Waals surface area contributed by atoms with Crippen molar-refractivity contribution in [2.24, 2.45) is 0 Å². The summed E-state index contributed by atoms with van der Waals surface area (Å²) < 4.78 is 37.5. The number of halogens is 2. The Morgan fingerprint density at radius 2 is 1.74 bits per heavy atom. The van der Waals surface area contributed by atoms with Crippen molar-refractivity contribution >= 4 is 50.7 Å². The second kappa shape index (κ2) is 13.4. The first kappa shape index (κ1) is 29.9. The summed E-state index contributed by atoms with van der Waals surface area (Å²) in [4.78, 5) is 27.6. The van der Waals surface area contributed by atoms with Crippen LogP contribution in [0.1, 0.15) is 38.7 Å². The number of carbonyl (C=O) groups excluding carboxylic acids is 2. The number of amides is 2. The van der Waals surface area contributed by atoms with Gasteiger partial charge in [-0.1, -0.05) is 36.2 Å². The summed E-state index contributed by atoms with van der Waals surface area (Å²) >= 11 is 12.7. The maximum absolute atomic E-state index is 13.4. The number of ether oxygens (including phenoxy) is 2. The van der Waals surface area contributed by atoms with Crippen molar-refractivity contribution in [2.45, 2.75) is 45.7 Å². The van der Waals surface area contributed by atoms with Crippen LogP contribution in [0.25, 0.3) is 0 Å². The minimum absolute atomic E-state index is 0.00401. The zero-order valence-corrected chi connectivity index (χ0v) is 24.0. The smallest absolute Gasteiger partial charge is 0.242 e. The van der Waals surface area contributed by atoms with Crippen LogP contribution < -0.4 is 19.1 Å². The Labute approximate surface area is 234 Å². The molecule has 1 atom stereocenters. The van der Waals surface area contributed by atoms with Gasteiger partial charge in [-0.05, 0) is 44.0 Å². The number of anilines is 1. The number of fused-ring (bicyclic) bond motifs is 1. The standard InChI is InChI=1S/C26H33Cl2N3O6S/c1-4-12-29-26(33)18(2)30(17-20-21(27)7-5-8-22(20)28)25(32)9-6-13-31(38(3,34)35)19-10-11-23-24(16-19)37-15-14-36-23/h5,7-8,10-11,16,18H,4,6,9,12-15,17H2,1-3H3,(H,29,33)/t18-/m0/s1. The van der Waals surface area contributed by atoms with Crippen molar-refractivity contribution in [1.29, 1.82) is 0 Å². The van der Waals surface area contributed by atoms with E-state index in [0.717, 1.165) is 12.7 Å². The first-order chi connectivity index (χ1) is 18.0. The largest absolute Gasteiger partial charge is 0.486 e. The van der Waals surface area contributed by atoms with Crippen LogP contribution in [0.4, 0.5) is 5.69 Å². The van der Waals surface area contributed by atoms with Gasteiger partial charge in [0.25, 0.3) is 0 Å². The lowest BCUT2D eigenvalue weighted by Gasteiger charge is -2.30. The predicted molar refractivity (Wildman–Crippen MR) is 149 cm³/mol. The summed E-state index contributed by atoms with van der Waals surface area (Å²) in [7, 11) is -3.65. The molecular formula is C26H33Cl2N3O6S. The Morgan fingerprint density at radius 1 is 1.08 bits per heavy atom. The van der Waals surface area contributed by atoms with Gasteiger partial charge in [0.15, 0.2) is 11.5 Å². The van der Waals surface area contributed by atoms with Crippen LogP contribution >= 0.6 is 23.2 Å². The van der Waals surface area contributed by atoms with Crippen molar-refractivity contribution < 1.29 is 27.5 Å². The average molecular weight is 587 g/mol. The van der Waals surface area contributed by atoms with Gasteiger partial charge in [-0.3, -0.25) is 13.9 Å². The number of hydrogen-bond acceptors (Lipinski definition) is 6. The Morgan fingerprint density at radius 3 is 2.37 bits per heavy atom. The molecule has 0 saturated heterocycles. The molecule has 3 rings (SSSR count). The third-order valence-corrected chi connectivity index (χ3v) is 7.97. The van der Waals surface area contributed by atoms with E-state index in [4.69, 9.17) is 32.7 Å². The average Bonchev–Trinajstić information content (AvgIpc) is 2.88. The number of carbonyl (C=O) groups is 2. The van der Waals surface area contributed by atoms with E-state index in [0.29, 0.717) is 52.6 Å². The van der Waals surface area contributed by atoms with Crippen LogP contribution in [0.15, 0.2) is 36.4 Å². The maximum Gasteiger partial charge on any atom is 0.242 e. The molecule has 0 bridgehead atoms. The molecule has 9 nitrogen and oxygen atoms in total. The number of rotatable bonds is 12. The Balaban J connectivity index is 1.76. The van der Waals surface area contributed by atoms with Gasteiger partial charge in [0.2, 0.25) is 21.8 Å². The topological polar surface area (TPSA) is 105 Å². The second-order valence-electron chi connectivity index (χ2n) is 8.96. The molecule has 0 radical (unpaired) electrons. The molecule has 0 unspecified atom stereocenters. The third kappa shape index (κ3) is 7.68. The molecular weight excluding hydrogens is 553 g/mol. The van der Waals surface area contributed by atoms with Gasteiger partial charge in [-0.25, -0.2) is 8.42 Å². The van der Waals surface area contributed by atoms with E-state index < -0.39 is 16.1 Å². The molecule has 0 aliphatic carbocycles. The molecule has 38 heavy (non-hydrogen) atoms.